The smallest absolute Gasteiger partial charge is 0.229 e. The number of rotatable bonds is 3. The zero-order valence-electron chi connectivity index (χ0n) is 8.65. The minimum absolute atomic E-state index is 0. The zero-order valence-corrected chi connectivity index (χ0v) is 10.3. The quantitative estimate of drug-likeness (QED) is 0.848. The number of anilines is 1. The van der Waals surface area contributed by atoms with Crippen LogP contribution in [-0.2, 0) is 16.6 Å². The SMILES string of the molecule is Cc1cc(CN)ccc1NS(C)(=O)=O.Cl. The highest BCUT2D eigenvalue weighted by molar-refractivity contribution is 7.92. The summed E-state index contributed by atoms with van der Waals surface area (Å²) in [5, 5.41) is 0. The van der Waals surface area contributed by atoms with E-state index in [1.54, 1.807) is 12.1 Å². The van der Waals surface area contributed by atoms with Crippen LogP contribution in [0.4, 0.5) is 5.69 Å². The Hall–Kier alpha value is -0.780. The molecule has 6 heteroatoms. The summed E-state index contributed by atoms with van der Waals surface area (Å²) in [6, 6.07) is 5.40. The molecule has 0 aliphatic carbocycles. The van der Waals surface area contributed by atoms with Crippen LogP contribution in [0, 0.1) is 6.92 Å². The van der Waals surface area contributed by atoms with Crippen molar-refractivity contribution in [1.82, 2.24) is 0 Å². The lowest BCUT2D eigenvalue weighted by molar-refractivity contribution is 0.607. The van der Waals surface area contributed by atoms with Crippen LogP contribution in [0.25, 0.3) is 0 Å². The van der Waals surface area contributed by atoms with E-state index in [4.69, 9.17) is 5.73 Å². The molecule has 0 aromatic heterocycles. The molecular formula is C9H15ClN2O2S. The lowest BCUT2D eigenvalue weighted by Crippen LogP contribution is -2.10. The van der Waals surface area contributed by atoms with E-state index in [1.165, 1.54) is 0 Å². The molecule has 15 heavy (non-hydrogen) atoms. The first kappa shape index (κ1) is 14.2. The second-order valence-corrected chi connectivity index (χ2v) is 4.98. The maximum atomic E-state index is 11.0. The fraction of sp³-hybridized carbons (Fsp3) is 0.333. The van der Waals surface area contributed by atoms with Gasteiger partial charge in [0.05, 0.1) is 11.9 Å². The van der Waals surface area contributed by atoms with Crippen molar-refractivity contribution in [3.8, 4) is 0 Å². The first-order valence-electron chi connectivity index (χ1n) is 4.20. The van der Waals surface area contributed by atoms with Gasteiger partial charge >= 0.3 is 0 Å². The Morgan fingerprint density at radius 3 is 2.40 bits per heavy atom. The van der Waals surface area contributed by atoms with E-state index in [-0.39, 0.29) is 12.4 Å². The normalized spacial score (nSPS) is 10.6. The van der Waals surface area contributed by atoms with E-state index >= 15 is 0 Å². The van der Waals surface area contributed by atoms with Gasteiger partial charge in [0.2, 0.25) is 10.0 Å². The summed E-state index contributed by atoms with van der Waals surface area (Å²) >= 11 is 0. The molecule has 86 valence electrons. The number of aryl methyl sites for hydroxylation is 1. The first-order valence-corrected chi connectivity index (χ1v) is 6.09. The molecule has 0 heterocycles. The van der Waals surface area contributed by atoms with Crippen molar-refractivity contribution < 1.29 is 8.42 Å². The van der Waals surface area contributed by atoms with Gasteiger partial charge in [-0.1, -0.05) is 12.1 Å². The molecular weight excluding hydrogens is 236 g/mol. The third-order valence-electron chi connectivity index (χ3n) is 1.82. The van der Waals surface area contributed by atoms with E-state index in [0.717, 1.165) is 17.4 Å². The molecule has 0 aliphatic heterocycles. The molecule has 3 N–H and O–H groups in total. The predicted molar refractivity (Wildman–Crippen MR) is 64.8 cm³/mol. The van der Waals surface area contributed by atoms with Gasteiger partial charge in [-0.25, -0.2) is 8.42 Å². The average molecular weight is 251 g/mol. The monoisotopic (exact) mass is 250 g/mol. The number of sulfonamides is 1. The Balaban J connectivity index is 0.00000196. The van der Waals surface area contributed by atoms with Crippen LogP contribution in [-0.4, -0.2) is 14.7 Å². The zero-order chi connectivity index (χ0) is 10.8. The van der Waals surface area contributed by atoms with Crippen molar-refractivity contribution in [2.24, 2.45) is 5.73 Å². The van der Waals surface area contributed by atoms with Crippen molar-refractivity contribution in [3.63, 3.8) is 0 Å². The van der Waals surface area contributed by atoms with Crippen LogP contribution in [0.15, 0.2) is 18.2 Å². The lowest BCUT2D eigenvalue weighted by atomic mass is 10.1. The molecule has 1 rings (SSSR count). The fourth-order valence-electron chi connectivity index (χ4n) is 1.17. The van der Waals surface area contributed by atoms with Crippen molar-refractivity contribution in [3.05, 3.63) is 29.3 Å². The number of nitrogens with two attached hydrogens (primary N) is 1. The number of benzene rings is 1. The molecule has 0 atom stereocenters. The third kappa shape index (κ3) is 4.51. The Bertz CT molecular complexity index is 432. The predicted octanol–water partition coefficient (Wildman–Crippen LogP) is 1.25. The standard InChI is InChI=1S/C9H14N2O2S.ClH/c1-7-5-8(6-10)3-4-9(7)11-14(2,12)13;/h3-5,11H,6,10H2,1-2H3;1H. The minimum Gasteiger partial charge on any atom is -0.326 e. The topological polar surface area (TPSA) is 72.2 Å². The Labute approximate surface area is 96.3 Å². The van der Waals surface area contributed by atoms with Crippen LogP contribution in [0.3, 0.4) is 0 Å². The van der Waals surface area contributed by atoms with Gasteiger partial charge in [0.1, 0.15) is 0 Å². The number of nitrogens with one attached hydrogen (secondary N) is 1. The van der Waals surface area contributed by atoms with E-state index in [9.17, 15) is 8.42 Å². The molecule has 0 radical (unpaired) electrons. The van der Waals surface area contributed by atoms with Crippen LogP contribution in [0.5, 0.6) is 0 Å². The summed E-state index contributed by atoms with van der Waals surface area (Å²) in [4.78, 5) is 0. The molecule has 0 aliphatic rings. The van der Waals surface area contributed by atoms with Gasteiger partial charge in [0, 0.05) is 6.54 Å². The van der Waals surface area contributed by atoms with E-state index < -0.39 is 10.0 Å². The summed E-state index contributed by atoms with van der Waals surface area (Å²) in [7, 11) is -3.20. The van der Waals surface area contributed by atoms with Crippen molar-refractivity contribution in [2.75, 3.05) is 11.0 Å². The molecule has 1 aromatic carbocycles. The molecule has 0 amide bonds. The van der Waals surface area contributed by atoms with Gasteiger partial charge in [0.25, 0.3) is 0 Å². The summed E-state index contributed by atoms with van der Waals surface area (Å²) in [6.07, 6.45) is 1.13. The summed E-state index contributed by atoms with van der Waals surface area (Å²) < 4.78 is 24.4. The van der Waals surface area contributed by atoms with E-state index in [1.807, 2.05) is 13.0 Å². The van der Waals surface area contributed by atoms with Gasteiger partial charge in [-0.05, 0) is 24.1 Å². The highest BCUT2D eigenvalue weighted by Crippen LogP contribution is 2.17. The van der Waals surface area contributed by atoms with Crippen LogP contribution >= 0.6 is 12.4 Å². The Morgan fingerprint density at radius 1 is 1.40 bits per heavy atom. The van der Waals surface area contributed by atoms with Gasteiger partial charge in [-0.15, -0.1) is 12.4 Å². The molecule has 0 unspecified atom stereocenters. The summed E-state index contributed by atoms with van der Waals surface area (Å²) in [5.74, 6) is 0. The Kier molecular flexibility index (Phi) is 5.07. The molecule has 0 bridgehead atoms. The third-order valence-corrected chi connectivity index (χ3v) is 2.41. The number of halogens is 1. The summed E-state index contributed by atoms with van der Waals surface area (Å²) in [5.41, 5.74) is 7.92. The van der Waals surface area contributed by atoms with E-state index in [2.05, 4.69) is 4.72 Å². The van der Waals surface area contributed by atoms with Crippen LogP contribution in [0.1, 0.15) is 11.1 Å². The highest BCUT2D eigenvalue weighted by Gasteiger charge is 2.04. The molecule has 1 aromatic rings. The molecule has 0 fully saturated rings. The summed E-state index contributed by atoms with van der Waals surface area (Å²) in [6.45, 7) is 2.30. The second kappa shape index (κ2) is 5.34. The van der Waals surface area contributed by atoms with Crippen molar-refractivity contribution >= 4 is 28.1 Å². The number of hydrogen-bond acceptors (Lipinski definition) is 3. The molecule has 0 saturated heterocycles. The largest absolute Gasteiger partial charge is 0.326 e. The highest BCUT2D eigenvalue weighted by atomic mass is 35.5. The van der Waals surface area contributed by atoms with Gasteiger partial charge in [0.15, 0.2) is 0 Å². The fourth-order valence-corrected chi connectivity index (χ4v) is 1.80. The van der Waals surface area contributed by atoms with Gasteiger partial charge in [-0.3, -0.25) is 4.72 Å². The minimum atomic E-state index is -3.20. The second-order valence-electron chi connectivity index (χ2n) is 3.23. The molecule has 0 saturated carbocycles. The van der Waals surface area contributed by atoms with Crippen LogP contribution in [0.2, 0.25) is 0 Å². The van der Waals surface area contributed by atoms with Crippen LogP contribution < -0.4 is 10.5 Å². The molecule has 4 nitrogen and oxygen atoms in total. The Morgan fingerprint density at radius 2 is 2.00 bits per heavy atom. The maximum absolute atomic E-state index is 11.0. The molecule has 0 spiro atoms. The van der Waals surface area contributed by atoms with E-state index in [0.29, 0.717) is 12.2 Å². The first-order chi connectivity index (χ1) is 6.42. The van der Waals surface area contributed by atoms with Gasteiger partial charge in [-0.2, -0.15) is 0 Å². The van der Waals surface area contributed by atoms with Crippen molar-refractivity contribution in [1.29, 1.82) is 0 Å². The van der Waals surface area contributed by atoms with Crippen molar-refractivity contribution in [2.45, 2.75) is 13.5 Å². The lowest BCUT2D eigenvalue weighted by Gasteiger charge is -2.08. The average Bonchev–Trinajstić information content (AvgIpc) is 2.06. The maximum Gasteiger partial charge on any atom is 0.229 e. The number of hydrogen-bond donors (Lipinski definition) is 2. The van der Waals surface area contributed by atoms with Gasteiger partial charge < -0.3 is 5.73 Å².